The van der Waals surface area contributed by atoms with Crippen LogP contribution in [0.1, 0.15) is 51.5 Å². The van der Waals surface area contributed by atoms with Crippen molar-refractivity contribution in [1.82, 2.24) is 24.8 Å². The average molecular weight is 754 g/mol. The van der Waals surface area contributed by atoms with Crippen molar-refractivity contribution in [1.29, 1.82) is 0 Å². The van der Waals surface area contributed by atoms with Crippen LogP contribution >= 0.6 is 0 Å². The Morgan fingerprint density at radius 2 is 1.83 bits per heavy atom. The third-order valence-corrected chi connectivity index (χ3v) is 11.0. The van der Waals surface area contributed by atoms with Crippen LogP contribution in [0.2, 0.25) is 0 Å². The molecule has 54 heavy (non-hydrogen) atoms. The number of alkyl halides is 4. The van der Waals surface area contributed by atoms with E-state index >= 15 is 8.78 Å². The zero-order valence-corrected chi connectivity index (χ0v) is 29.5. The Morgan fingerprint density at radius 1 is 1.09 bits per heavy atom. The number of hydrogen-bond donors (Lipinski definition) is 1. The van der Waals surface area contributed by atoms with Gasteiger partial charge in [0.1, 0.15) is 41.0 Å². The van der Waals surface area contributed by atoms with Crippen LogP contribution in [0.4, 0.5) is 37.8 Å². The van der Waals surface area contributed by atoms with Gasteiger partial charge >= 0.3 is 18.1 Å². The van der Waals surface area contributed by atoms with Crippen LogP contribution in [-0.2, 0) is 4.79 Å². The van der Waals surface area contributed by atoms with Gasteiger partial charge in [-0.2, -0.15) is 23.1 Å². The molecule has 2 unspecified atom stereocenters. The van der Waals surface area contributed by atoms with Gasteiger partial charge in [-0.1, -0.05) is 12.0 Å². The Morgan fingerprint density at radius 3 is 2.52 bits per heavy atom. The molecular weight excluding hydrogens is 716 g/mol. The van der Waals surface area contributed by atoms with E-state index < -0.39 is 53.6 Å². The summed E-state index contributed by atoms with van der Waals surface area (Å²) in [5.41, 5.74) is 5.22. The molecule has 4 fully saturated rings. The molecular formula is C38H37F6N7O3. The number of fused-ring (bicyclic) bond motifs is 5. The van der Waals surface area contributed by atoms with Crippen LogP contribution in [0.15, 0.2) is 24.3 Å². The molecule has 0 spiro atoms. The molecule has 4 atom stereocenters. The van der Waals surface area contributed by atoms with Gasteiger partial charge in [0.25, 0.3) is 0 Å². The molecule has 8 rings (SSSR count). The van der Waals surface area contributed by atoms with Crippen molar-refractivity contribution >= 4 is 39.1 Å². The highest BCUT2D eigenvalue weighted by Gasteiger charge is 2.53. The van der Waals surface area contributed by atoms with Gasteiger partial charge in [0.2, 0.25) is 5.88 Å². The molecule has 2 N–H and O–H groups in total. The summed E-state index contributed by atoms with van der Waals surface area (Å²) in [6, 6.07) is 3.80. The number of nitrogens with two attached hydrogens (primary N) is 1. The molecule has 284 valence electrons. The largest absolute Gasteiger partial charge is 0.474 e. The van der Waals surface area contributed by atoms with Crippen LogP contribution < -0.4 is 20.1 Å². The van der Waals surface area contributed by atoms with E-state index in [9.17, 15) is 22.4 Å². The number of carbonyl (C=O) groups is 1. The van der Waals surface area contributed by atoms with Gasteiger partial charge in [0, 0.05) is 42.7 Å². The number of halogens is 6. The molecule has 0 radical (unpaired) electrons. The van der Waals surface area contributed by atoms with Crippen LogP contribution in [0.3, 0.4) is 0 Å². The minimum Gasteiger partial charge on any atom is -0.474 e. The molecule has 6 heterocycles. The summed E-state index contributed by atoms with van der Waals surface area (Å²) in [6.45, 7) is 4.32. The fourth-order valence-corrected chi connectivity index (χ4v) is 8.88. The zero-order chi connectivity index (χ0) is 38.3. The molecule has 1 amide bonds. The monoisotopic (exact) mass is 753 g/mol. The van der Waals surface area contributed by atoms with E-state index in [0.717, 1.165) is 11.3 Å². The van der Waals surface area contributed by atoms with Gasteiger partial charge in [-0.15, -0.1) is 6.42 Å². The van der Waals surface area contributed by atoms with E-state index in [4.69, 9.17) is 26.6 Å². The number of carbonyl (C=O) groups excluding carboxylic acids is 1. The summed E-state index contributed by atoms with van der Waals surface area (Å²) in [5, 5.41) is 0.640. The van der Waals surface area contributed by atoms with Crippen molar-refractivity contribution in [2.75, 3.05) is 43.4 Å². The Balaban J connectivity index is 1.32. The van der Waals surface area contributed by atoms with E-state index in [-0.39, 0.29) is 89.2 Å². The number of ether oxygens (including phenoxy) is 2. The average Bonchev–Trinajstić information content (AvgIpc) is 3.73. The molecule has 10 nitrogen and oxygen atoms in total. The maximum atomic E-state index is 17.4. The molecule has 4 aliphatic heterocycles. The van der Waals surface area contributed by atoms with Crippen molar-refractivity contribution < 1.29 is 40.6 Å². The third kappa shape index (κ3) is 5.96. The molecule has 2 bridgehead atoms. The number of nitrogen functional groups attached to an aromatic ring is 1. The Hall–Kier alpha value is -5.04. The molecule has 2 aromatic carbocycles. The molecule has 0 aliphatic carbocycles. The predicted molar refractivity (Wildman–Crippen MR) is 189 cm³/mol. The van der Waals surface area contributed by atoms with E-state index in [0.29, 0.717) is 31.2 Å². The first kappa shape index (κ1) is 36.0. The van der Waals surface area contributed by atoms with Gasteiger partial charge in [0.15, 0.2) is 5.82 Å². The van der Waals surface area contributed by atoms with E-state index in [1.165, 1.54) is 18.2 Å². The lowest BCUT2D eigenvalue weighted by atomic mass is 9.95. The highest BCUT2D eigenvalue weighted by Crippen LogP contribution is 2.45. The third-order valence-electron chi connectivity index (χ3n) is 11.0. The van der Waals surface area contributed by atoms with Crippen LogP contribution in [0, 0.1) is 24.0 Å². The summed E-state index contributed by atoms with van der Waals surface area (Å²) in [5.74, 6) is -1.25. The Kier molecular flexibility index (Phi) is 8.70. The Bertz CT molecular complexity index is 2210. The van der Waals surface area contributed by atoms with Crippen LogP contribution in [-0.4, -0.2) is 99.5 Å². The molecule has 4 saturated heterocycles. The topological polar surface area (TPSA) is 110 Å². The quantitative estimate of drug-likeness (QED) is 0.135. The lowest BCUT2D eigenvalue weighted by Crippen LogP contribution is -2.59. The fraction of sp³-hybridized carbons (Fsp3) is 0.474. The first-order chi connectivity index (χ1) is 25.7. The second-order valence-electron chi connectivity index (χ2n) is 14.9. The van der Waals surface area contributed by atoms with Crippen molar-refractivity contribution in [2.45, 2.75) is 82.0 Å². The van der Waals surface area contributed by atoms with E-state index in [1.807, 2.05) is 4.90 Å². The van der Waals surface area contributed by atoms with Crippen molar-refractivity contribution in [3.63, 3.8) is 0 Å². The van der Waals surface area contributed by atoms with Gasteiger partial charge in [-0.3, -0.25) is 9.69 Å². The number of terminal acetylenes is 1. The minimum absolute atomic E-state index is 0.0110. The number of benzene rings is 2. The van der Waals surface area contributed by atoms with E-state index in [1.54, 1.807) is 24.8 Å². The number of rotatable bonds is 7. The second kappa shape index (κ2) is 13.1. The number of nitrogens with zero attached hydrogens (tertiary/aromatic N) is 6. The highest BCUT2D eigenvalue weighted by molar-refractivity contribution is 6.05. The molecule has 16 heteroatoms. The number of hydrogen-bond acceptors (Lipinski definition) is 9. The molecule has 4 aromatic rings. The smallest absolute Gasteiger partial charge is 0.471 e. The highest BCUT2D eigenvalue weighted by atomic mass is 19.4. The molecule has 4 aliphatic rings. The predicted octanol–water partition coefficient (Wildman–Crippen LogP) is 6.17. The first-order valence-electron chi connectivity index (χ1n) is 17.9. The van der Waals surface area contributed by atoms with Crippen LogP contribution in [0.5, 0.6) is 11.9 Å². The number of piperazine rings is 1. The Labute approximate surface area is 306 Å². The van der Waals surface area contributed by atoms with Gasteiger partial charge < -0.3 is 25.0 Å². The lowest BCUT2D eigenvalue weighted by molar-refractivity contribution is -0.188. The first-order valence-corrected chi connectivity index (χ1v) is 17.9. The maximum Gasteiger partial charge on any atom is 0.471 e. The summed E-state index contributed by atoms with van der Waals surface area (Å²) in [6.07, 6.45) is 1.55. The maximum absolute atomic E-state index is 17.4. The summed E-state index contributed by atoms with van der Waals surface area (Å²) >= 11 is 0. The normalized spacial score (nSPS) is 24.1. The molecule has 0 saturated carbocycles. The second-order valence-corrected chi connectivity index (χ2v) is 14.9. The minimum atomic E-state index is -5.05. The molecule has 2 aromatic heterocycles. The number of pyridine rings is 1. The standard InChI is InChI=1S/C38H37F6N7O3/c1-4-25-27(40)9-6-20-12-22(45)13-26(28(20)25)31-30(41)32-29(34(46-31)54-19(2)3)33(49-16-23-7-8-24(17-49)51(23)35(52)38(42,43)44)48-36(47-32)53-18-37-10-5-11-50(37)15-21(39)14-37/h1,6,9,12-13,19,21,23-24H,5,7-8,10-11,14-18,45H2,2-3H3/t21-,23?,24?,37+/m1/s1. The SMILES string of the molecule is C#Cc1c(F)ccc2cc(N)cc(-c3nc(OC(C)C)c4c(N5CC6CCC(C5)N6C(=O)C(F)(F)F)nc(OC[C@@]56CCCN5C[C@H](F)C6)nc4c3F)c12. The zero-order valence-electron chi connectivity index (χ0n) is 29.5. The summed E-state index contributed by atoms with van der Waals surface area (Å²) in [4.78, 5) is 31.0. The van der Waals surface area contributed by atoms with Crippen molar-refractivity contribution in [2.24, 2.45) is 0 Å². The van der Waals surface area contributed by atoms with Crippen LogP contribution in [0.25, 0.3) is 32.9 Å². The van der Waals surface area contributed by atoms with Gasteiger partial charge in [-0.05, 0) is 69.7 Å². The van der Waals surface area contributed by atoms with Gasteiger partial charge in [-0.25, -0.2) is 18.2 Å². The van der Waals surface area contributed by atoms with Crippen molar-refractivity contribution in [3.8, 4) is 35.5 Å². The fourth-order valence-electron chi connectivity index (χ4n) is 8.88. The number of amides is 1. The van der Waals surface area contributed by atoms with Crippen molar-refractivity contribution in [3.05, 3.63) is 41.5 Å². The lowest BCUT2D eigenvalue weighted by Gasteiger charge is -2.42. The van der Waals surface area contributed by atoms with Gasteiger partial charge in [0.05, 0.1) is 29.3 Å². The number of anilines is 2. The van der Waals surface area contributed by atoms with E-state index in [2.05, 4.69) is 15.9 Å². The summed E-state index contributed by atoms with van der Waals surface area (Å²) < 4.78 is 100. The number of aromatic nitrogens is 3. The summed E-state index contributed by atoms with van der Waals surface area (Å²) in [7, 11) is 0.